The summed E-state index contributed by atoms with van der Waals surface area (Å²) in [5.41, 5.74) is 0.471. The number of nitrogens with zero attached hydrogens (tertiary/aromatic N) is 3. The molecule has 0 unspecified atom stereocenters. The zero-order valence-corrected chi connectivity index (χ0v) is 8.67. The molecule has 0 N–H and O–H groups in total. The fourth-order valence-electron chi connectivity index (χ4n) is 1.97. The number of amides is 1. The van der Waals surface area contributed by atoms with Crippen molar-refractivity contribution in [2.75, 3.05) is 11.9 Å². The van der Waals surface area contributed by atoms with Crippen molar-refractivity contribution in [2.24, 2.45) is 0 Å². The van der Waals surface area contributed by atoms with Crippen LogP contribution in [0.25, 0.3) is 10.9 Å². The molecule has 1 aromatic heterocycles. The summed E-state index contributed by atoms with van der Waals surface area (Å²) in [6, 6.07) is 7.19. The lowest BCUT2D eigenvalue weighted by Crippen LogP contribution is -2.23. The molecule has 2 aromatic rings. The summed E-state index contributed by atoms with van der Waals surface area (Å²) in [6.07, 6.45) is 0. The average Bonchev–Trinajstić information content (AvgIpc) is 2.57. The van der Waals surface area contributed by atoms with Gasteiger partial charge in [-0.05, 0) is 12.1 Å². The minimum Gasteiger partial charge on any atom is -0.302 e. The maximum Gasteiger partial charge on any atom is 0.282 e. The van der Waals surface area contributed by atoms with E-state index >= 15 is 0 Å². The van der Waals surface area contributed by atoms with Gasteiger partial charge in [0.25, 0.3) is 5.56 Å². The van der Waals surface area contributed by atoms with Crippen molar-refractivity contribution in [3.8, 4) is 0 Å². The van der Waals surface area contributed by atoms with Crippen LogP contribution in [0.3, 0.4) is 0 Å². The van der Waals surface area contributed by atoms with Crippen molar-refractivity contribution in [3.05, 3.63) is 34.6 Å². The number of carbonyl (C=O) groups is 1. The van der Waals surface area contributed by atoms with Gasteiger partial charge in [0.15, 0.2) is 0 Å². The van der Waals surface area contributed by atoms with Crippen LogP contribution in [-0.2, 0) is 11.3 Å². The lowest BCUT2D eigenvalue weighted by Gasteiger charge is -2.09. The maximum absolute atomic E-state index is 11.7. The highest BCUT2D eigenvalue weighted by molar-refractivity contribution is 5.97. The Balaban J connectivity index is 2.48. The van der Waals surface area contributed by atoms with E-state index in [2.05, 4.69) is 4.98 Å². The zero-order valence-electron chi connectivity index (χ0n) is 8.67. The molecule has 16 heavy (non-hydrogen) atoms. The molecule has 3 rings (SSSR count). The minimum atomic E-state index is -0.289. The predicted octanol–water partition coefficient (Wildman–Crippen LogP) is 0.373. The molecule has 2 heterocycles. The number of hydrogen-bond acceptors (Lipinski definition) is 3. The second-order valence-electron chi connectivity index (χ2n) is 3.77. The van der Waals surface area contributed by atoms with E-state index in [0.29, 0.717) is 11.3 Å². The first kappa shape index (κ1) is 9.08. The summed E-state index contributed by atoms with van der Waals surface area (Å²) >= 11 is 0. The molecule has 0 radical (unpaired) electrons. The molecular weight excluding hydrogens is 206 g/mol. The highest BCUT2D eigenvalue weighted by Gasteiger charge is 2.26. The van der Waals surface area contributed by atoms with Crippen molar-refractivity contribution < 1.29 is 4.79 Å². The molecule has 0 aliphatic carbocycles. The van der Waals surface area contributed by atoms with Gasteiger partial charge in [0, 0.05) is 7.05 Å². The molecule has 0 atom stereocenters. The minimum absolute atomic E-state index is 0.0525. The highest BCUT2D eigenvalue weighted by Crippen LogP contribution is 2.21. The van der Waals surface area contributed by atoms with Crippen molar-refractivity contribution in [2.45, 2.75) is 6.54 Å². The molecule has 1 aliphatic heterocycles. The monoisotopic (exact) mass is 215 g/mol. The van der Waals surface area contributed by atoms with Gasteiger partial charge in [-0.1, -0.05) is 12.1 Å². The van der Waals surface area contributed by atoms with Gasteiger partial charge in [-0.25, -0.2) is 0 Å². The highest BCUT2D eigenvalue weighted by atomic mass is 16.2. The lowest BCUT2D eigenvalue weighted by molar-refractivity contribution is -0.117. The number of fused-ring (bicyclic) bond motifs is 3. The van der Waals surface area contributed by atoms with E-state index in [0.717, 1.165) is 5.52 Å². The van der Waals surface area contributed by atoms with Crippen LogP contribution >= 0.6 is 0 Å². The van der Waals surface area contributed by atoms with Gasteiger partial charge in [-0.15, -0.1) is 0 Å². The predicted molar refractivity (Wildman–Crippen MR) is 59.4 cm³/mol. The number of para-hydroxylation sites is 1. The molecule has 0 saturated heterocycles. The topological polar surface area (TPSA) is 55.2 Å². The quantitative estimate of drug-likeness (QED) is 0.638. The lowest BCUT2D eigenvalue weighted by atomic mass is 10.2. The molecule has 5 heteroatoms. The molecule has 1 aromatic carbocycles. The summed E-state index contributed by atoms with van der Waals surface area (Å²) in [6.45, 7) is 0.250. The van der Waals surface area contributed by atoms with Gasteiger partial charge < -0.3 is 4.57 Å². The summed E-state index contributed by atoms with van der Waals surface area (Å²) < 4.78 is 1.76. The van der Waals surface area contributed by atoms with Gasteiger partial charge in [0.05, 0.1) is 10.9 Å². The molecule has 1 amide bonds. The number of anilines is 1. The van der Waals surface area contributed by atoms with Crippen molar-refractivity contribution >= 4 is 22.8 Å². The Morgan fingerprint density at radius 1 is 1.25 bits per heavy atom. The van der Waals surface area contributed by atoms with Gasteiger partial charge in [0.2, 0.25) is 11.9 Å². The summed E-state index contributed by atoms with van der Waals surface area (Å²) in [5, 5.41) is 0.550. The molecule has 1 aliphatic rings. The largest absolute Gasteiger partial charge is 0.302 e. The summed E-state index contributed by atoms with van der Waals surface area (Å²) in [5.74, 6) is 0.372. The Morgan fingerprint density at radius 2 is 2.00 bits per heavy atom. The number of likely N-dealkylation sites (N-methyl/N-ethyl adjacent to an activating group) is 1. The first-order chi connectivity index (χ1) is 7.68. The van der Waals surface area contributed by atoms with Crippen LogP contribution in [0.4, 0.5) is 5.95 Å². The van der Waals surface area contributed by atoms with Gasteiger partial charge in [-0.3, -0.25) is 14.5 Å². The second kappa shape index (κ2) is 2.91. The van der Waals surface area contributed by atoms with Gasteiger partial charge in [0.1, 0.15) is 6.54 Å². The molecule has 0 bridgehead atoms. The zero-order chi connectivity index (χ0) is 11.3. The van der Waals surface area contributed by atoms with Gasteiger partial charge >= 0.3 is 0 Å². The molecular formula is C11H9N3O2. The Morgan fingerprint density at radius 3 is 2.81 bits per heavy atom. The van der Waals surface area contributed by atoms with E-state index in [1.54, 1.807) is 23.7 Å². The average molecular weight is 215 g/mol. The Labute approximate surface area is 90.9 Å². The number of hydrogen-bond donors (Lipinski definition) is 0. The maximum atomic E-state index is 11.7. The van der Waals surface area contributed by atoms with Crippen LogP contribution in [0.2, 0.25) is 0 Å². The molecule has 0 fully saturated rings. The van der Waals surface area contributed by atoms with Crippen molar-refractivity contribution in [3.63, 3.8) is 0 Å². The Bertz CT molecular complexity index is 660. The van der Waals surface area contributed by atoms with Crippen LogP contribution in [0.15, 0.2) is 29.1 Å². The van der Waals surface area contributed by atoms with E-state index in [9.17, 15) is 9.59 Å². The normalized spacial score (nSPS) is 14.6. The number of carbonyl (C=O) groups excluding carboxylic acids is 1. The number of aromatic nitrogens is 2. The van der Waals surface area contributed by atoms with E-state index in [1.807, 2.05) is 12.1 Å². The third-order valence-corrected chi connectivity index (χ3v) is 2.84. The van der Waals surface area contributed by atoms with E-state index in [1.165, 1.54) is 4.90 Å². The Kier molecular flexibility index (Phi) is 1.65. The van der Waals surface area contributed by atoms with Crippen LogP contribution in [0, 0.1) is 0 Å². The third-order valence-electron chi connectivity index (χ3n) is 2.84. The first-order valence-corrected chi connectivity index (χ1v) is 4.94. The van der Waals surface area contributed by atoms with Crippen LogP contribution < -0.4 is 10.5 Å². The molecule has 80 valence electrons. The van der Waals surface area contributed by atoms with E-state index < -0.39 is 0 Å². The van der Waals surface area contributed by atoms with Crippen LogP contribution in [0.1, 0.15) is 0 Å². The fraction of sp³-hybridized carbons (Fsp3) is 0.182. The molecule has 0 saturated carbocycles. The van der Waals surface area contributed by atoms with Crippen molar-refractivity contribution in [1.82, 2.24) is 9.55 Å². The fourth-order valence-corrected chi connectivity index (χ4v) is 1.97. The third kappa shape index (κ3) is 1.02. The Hall–Kier alpha value is -2.17. The van der Waals surface area contributed by atoms with Crippen molar-refractivity contribution in [1.29, 1.82) is 0 Å². The molecule has 5 nitrogen and oxygen atoms in total. The first-order valence-electron chi connectivity index (χ1n) is 4.94. The summed E-state index contributed by atoms with van der Waals surface area (Å²) in [4.78, 5) is 28.6. The van der Waals surface area contributed by atoms with E-state index in [-0.39, 0.29) is 18.0 Å². The smallest absolute Gasteiger partial charge is 0.282 e. The number of rotatable bonds is 0. The number of benzene rings is 1. The SMILES string of the molecule is CN1C(=O)Cn2c1nc(=O)c1ccccc12. The second-order valence-corrected chi connectivity index (χ2v) is 3.77. The molecule has 0 spiro atoms. The summed E-state index contributed by atoms with van der Waals surface area (Å²) in [7, 11) is 1.63. The van der Waals surface area contributed by atoms with E-state index in [4.69, 9.17) is 0 Å². The van der Waals surface area contributed by atoms with Crippen LogP contribution in [0.5, 0.6) is 0 Å². The van der Waals surface area contributed by atoms with Gasteiger partial charge in [-0.2, -0.15) is 4.98 Å². The van der Waals surface area contributed by atoms with Crippen LogP contribution in [-0.4, -0.2) is 22.5 Å². The standard InChI is InChI=1S/C11H9N3O2/c1-13-9(15)6-14-8-5-3-2-4-7(8)10(16)12-11(13)14/h2-5H,6H2,1H3.